The molecule has 3 aromatic rings. The van der Waals surface area contributed by atoms with E-state index in [0.29, 0.717) is 6.54 Å². The van der Waals surface area contributed by atoms with Crippen LogP contribution in [0.25, 0.3) is 22.3 Å². The first kappa shape index (κ1) is 14.5. The number of aryl methyl sites for hydroxylation is 1. The minimum Gasteiger partial charge on any atom is -0.335 e. The Kier molecular flexibility index (Phi) is 4.37. The van der Waals surface area contributed by atoms with Crippen molar-refractivity contribution in [2.24, 2.45) is 12.8 Å². The first-order valence-corrected chi connectivity index (χ1v) is 6.35. The first-order chi connectivity index (χ1) is 9.29. The summed E-state index contributed by atoms with van der Waals surface area (Å²) in [4.78, 5) is 8.73. The molecule has 0 unspecified atom stereocenters. The van der Waals surface area contributed by atoms with Gasteiger partial charge in [0.1, 0.15) is 12.0 Å². The quantitative estimate of drug-likeness (QED) is 0.806. The molecule has 0 aliphatic carbocycles. The van der Waals surface area contributed by atoms with Gasteiger partial charge in [0.2, 0.25) is 0 Å². The minimum atomic E-state index is 0. The summed E-state index contributed by atoms with van der Waals surface area (Å²) in [5.41, 5.74) is 9.86. The van der Waals surface area contributed by atoms with Gasteiger partial charge < -0.3 is 10.3 Å². The van der Waals surface area contributed by atoms with Gasteiger partial charge >= 0.3 is 0 Å². The van der Waals surface area contributed by atoms with Crippen molar-refractivity contribution in [2.75, 3.05) is 6.54 Å². The lowest BCUT2D eigenvalue weighted by atomic mass is 10.1. The highest BCUT2D eigenvalue weighted by atomic mass is 35.5. The summed E-state index contributed by atoms with van der Waals surface area (Å²) in [5.74, 6) is 0. The van der Waals surface area contributed by atoms with Gasteiger partial charge in [-0.1, -0.05) is 24.3 Å². The normalized spacial score (nSPS) is 10.5. The van der Waals surface area contributed by atoms with Gasteiger partial charge in [-0.2, -0.15) is 0 Å². The van der Waals surface area contributed by atoms with E-state index in [0.717, 1.165) is 28.7 Å². The molecule has 0 saturated carbocycles. The van der Waals surface area contributed by atoms with Crippen LogP contribution in [0.15, 0.2) is 42.9 Å². The molecule has 0 radical (unpaired) electrons. The molecule has 0 spiro atoms. The summed E-state index contributed by atoms with van der Waals surface area (Å²) in [6.45, 7) is 0.676. The van der Waals surface area contributed by atoms with Crippen molar-refractivity contribution in [1.29, 1.82) is 0 Å². The highest BCUT2D eigenvalue weighted by Gasteiger charge is 2.08. The third-order valence-electron chi connectivity index (χ3n) is 3.32. The molecule has 2 aromatic heterocycles. The number of aromatic nitrogens is 3. The molecule has 1 aromatic carbocycles. The lowest BCUT2D eigenvalue weighted by Crippen LogP contribution is -2.02. The van der Waals surface area contributed by atoms with Gasteiger partial charge in [-0.25, -0.2) is 9.97 Å². The lowest BCUT2D eigenvalue weighted by molar-refractivity contribution is 0.944. The number of hydrogen-bond donors (Lipinski definition) is 1. The van der Waals surface area contributed by atoms with E-state index in [9.17, 15) is 0 Å². The van der Waals surface area contributed by atoms with Crippen molar-refractivity contribution in [2.45, 2.75) is 6.42 Å². The zero-order valence-corrected chi connectivity index (χ0v) is 12.1. The van der Waals surface area contributed by atoms with Gasteiger partial charge in [0, 0.05) is 24.2 Å². The summed E-state index contributed by atoms with van der Waals surface area (Å²) in [7, 11) is 1.99. The molecule has 0 bridgehead atoms. The first-order valence-electron chi connectivity index (χ1n) is 6.35. The summed E-state index contributed by atoms with van der Waals surface area (Å²) in [5, 5.41) is 1.08. The van der Waals surface area contributed by atoms with E-state index in [1.807, 2.05) is 17.8 Å². The van der Waals surface area contributed by atoms with Crippen LogP contribution in [-0.4, -0.2) is 21.1 Å². The average molecular weight is 289 g/mol. The van der Waals surface area contributed by atoms with Crippen LogP contribution in [0.3, 0.4) is 0 Å². The van der Waals surface area contributed by atoms with E-state index in [1.54, 1.807) is 6.33 Å². The second kappa shape index (κ2) is 6.03. The van der Waals surface area contributed by atoms with Crippen LogP contribution in [0, 0.1) is 0 Å². The summed E-state index contributed by atoms with van der Waals surface area (Å²) < 4.78 is 2.00. The maximum absolute atomic E-state index is 5.56. The largest absolute Gasteiger partial charge is 0.335 e. The van der Waals surface area contributed by atoms with Crippen LogP contribution in [-0.2, 0) is 13.5 Å². The van der Waals surface area contributed by atoms with Crippen molar-refractivity contribution in [3.63, 3.8) is 0 Å². The standard InChI is InChI=1S/C15H16N4.ClH/c1-19-9-7-13-14(17-10-18-15(13)19)12-4-2-11(3-5-12)6-8-16;/h2-5,7,9-10H,6,8,16H2,1H3;1H. The van der Waals surface area contributed by atoms with Crippen LogP contribution in [0.4, 0.5) is 0 Å². The molecule has 0 aliphatic heterocycles. The zero-order valence-electron chi connectivity index (χ0n) is 11.3. The SMILES string of the molecule is Cl.Cn1ccc2c(-c3ccc(CCN)cc3)ncnc21. The molecule has 0 saturated heterocycles. The third-order valence-corrected chi connectivity index (χ3v) is 3.32. The van der Waals surface area contributed by atoms with Crippen LogP contribution in [0.2, 0.25) is 0 Å². The van der Waals surface area contributed by atoms with E-state index >= 15 is 0 Å². The van der Waals surface area contributed by atoms with E-state index in [2.05, 4.69) is 40.3 Å². The molecule has 20 heavy (non-hydrogen) atoms. The molecular weight excluding hydrogens is 272 g/mol. The maximum Gasteiger partial charge on any atom is 0.143 e. The van der Waals surface area contributed by atoms with E-state index in [-0.39, 0.29) is 12.4 Å². The van der Waals surface area contributed by atoms with Crippen LogP contribution in [0.5, 0.6) is 0 Å². The topological polar surface area (TPSA) is 56.7 Å². The fourth-order valence-electron chi connectivity index (χ4n) is 2.30. The Morgan fingerprint density at radius 1 is 1.10 bits per heavy atom. The van der Waals surface area contributed by atoms with Gasteiger partial charge in [0.05, 0.1) is 5.69 Å². The van der Waals surface area contributed by atoms with Crippen molar-refractivity contribution in [3.8, 4) is 11.3 Å². The Morgan fingerprint density at radius 3 is 2.55 bits per heavy atom. The number of benzene rings is 1. The Hall–Kier alpha value is -1.91. The van der Waals surface area contributed by atoms with E-state index in [1.165, 1.54) is 5.56 Å². The number of nitrogens with two attached hydrogens (primary N) is 1. The predicted octanol–water partition coefficient (Wildman–Crippen LogP) is 2.56. The molecular formula is C15H17ClN4. The van der Waals surface area contributed by atoms with E-state index < -0.39 is 0 Å². The van der Waals surface area contributed by atoms with Crippen molar-refractivity contribution in [1.82, 2.24) is 14.5 Å². The Morgan fingerprint density at radius 2 is 1.85 bits per heavy atom. The number of hydrogen-bond acceptors (Lipinski definition) is 3. The summed E-state index contributed by atoms with van der Waals surface area (Å²) in [6, 6.07) is 10.5. The molecule has 3 rings (SSSR count). The van der Waals surface area contributed by atoms with Gasteiger partial charge in [-0.3, -0.25) is 0 Å². The molecule has 5 heteroatoms. The second-order valence-corrected chi connectivity index (χ2v) is 4.62. The Balaban J connectivity index is 0.00000147. The molecule has 0 atom stereocenters. The molecule has 2 N–H and O–H groups in total. The monoisotopic (exact) mass is 288 g/mol. The molecule has 104 valence electrons. The van der Waals surface area contributed by atoms with Crippen LogP contribution >= 0.6 is 12.4 Å². The van der Waals surface area contributed by atoms with Crippen molar-refractivity contribution >= 4 is 23.4 Å². The Labute approximate surface area is 124 Å². The fourth-order valence-corrected chi connectivity index (χ4v) is 2.30. The second-order valence-electron chi connectivity index (χ2n) is 4.62. The molecule has 2 heterocycles. The lowest BCUT2D eigenvalue weighted by Gasteiger charge is -2.04. The average Bonchev–Trinajstić information content (AvgIpc) is 2.82. The number of fused-ring (bicyclic) bond motifs is 1. The van der Waals surface area contributed by atoms with Gasteiger partial charge in [-0.15, -0.1) is 12.4 Å². The van der Waals surface area contributed by atoms with E-state index in [4.69, 9.17) is 5.73 Å². The molecule has 0 amide bonds. The summed E-state index contributed by atoms with van der Waals surface area (Å²) >= 11 is 0. The molecule has 4 nitrogen and oxygen atoms in total. The highest BCUT2D eigenvalue weighted by Crippen LogP contribution is 2.25. The van der Waals surface area contributed by atoms with Crippen molar-refractivity contribution < 1.29 is 0 Å². The number of nitrogens with zero attached hydrogens (tertiary/aromatic N) is 3. The summed E-state index contributed by atoms with van der Waals surface area (Å²) in [6.07, 6.45) is 4.53. The van der Waals surface area contributed by atoms with Gasteiger partial charge in [0.25, 0.3) is 0 Å². The predicted molar refractivity (Wildman–Crippen MR) is 84.0 cm³/mol. The van der Waals surface area contributed by atoms with Gasteiger partial charge in [0.15, 0.2) is 0 Å². The van der Waals surface area contributed by atoms with Crippen molar-refractivity contribution in [3.05, 3.63) is 48.4 Å². The van der Waals surface area contributed by atoms with Crippen LogP contribution < -0.4 is 5.73 Å². The smallest absolute Gasteiger partial charge is 0.143 e. The van der Waals surface area contributed by atoms with Gasteiger partial charge in [-0.05, 0) is 24.6 Å². The Bertz CT molecular complexity index is 703. The number of halogens is 1. The number of rotatable bonds is 3. The molecule has 0 aliphatic rings. The molecule has 0 fully saturated rings. The third kappa shape index (κ3) is 2.53. The minimum absolute atomic E-state index is 0. The fraction of sp³-hybridized carbons (Fsp3) is 0.200. The maximum atomic E-state index is 5.56. The van der Waals surface area contributed by atoms with Crippen LogP contribution in [0.1, 0.15) is 5.56 Å². The zero-order chi connectivity index (χ0) is 13.2. The highest BCUT2D eigenvalue weighted by molar-refractivity contribution is 5.90.